The molecule has 0 bridgehead atoms. The topological polar surface area (TPSA) is 106 Å². The van der Waals surface area contributed by atoms with Crippen LogP contribution in [0.15, 0.2) is 12.4 Å². The molecule has 1 aliphatic carbocycles. The van der Waals surface area contributed by atoms with E-state index in [2.05, 4.69) is 10.2 Å². The second-order valence-electron chi connectivity index (χ2n) is 13.9. The van der Waals surface area contributed by atoms with Crippen LogP contribution in [0.4, 0.5) is 10.7 Å². The molecule has 40 heavy (non-hydrogen) atoms. The number of alkyl carbamates (subject to hydrolysis) is 1. The Hall–Kier alpha value is -2.40. The zero-order valence-corrected chi connectivity index (χ0v) is 25.8. The van der Waals surface area contributed by atoms with Crippen LogP contribution in [-0.2, 0) is 18.8 Å². The number of piperidine rings is 1. The number of hydrogen-bond acceptors (Lipinski definition) is 8. The summed E-state index contributed by atoms with van der Waals surface area (Å²) >= 11 is 0. The van der Waals surface area contributed by atoms with Crippen molar-refractivity contribution in [2.24, 2.45) is 11.8 Å². The first kappa shape index (κ1) is 30.6. The molecule has 0 aromatic carbocycles. The van der Waals surface area contributed by atoms with E-state index in [9.17, 15) is 9.59 Å². The van der Waals surface area contributed by atoms with E-state index in [4.69, 9.17) is 24.0 Å². The Kier molecular flexibility index (Phi) is 8.76. The number of likely N-dealkylation sites (tertiary alicyclic amines) is 1. The smallest absolute Gasteiger partial charge is 0.444 e. The summed E-state index contributed by atoms with van der Waals surface area (Å²) in [6, 6.07) is -0.204. The van der Waals surface area contributed by atoms with Gasteiger partial charge in [0.15, 0.2) is 0 Å². The van der Waals surface area contributed by atoms with Crippen molar-refractivity contribution in [3.63, 3.8) is 0 Å². The van der Waals surface area contributed by atoms with Crippen molar-refractivity contribution in [3.05, 3.63) is 12.4 Å². The zero-order valence-electron chi connectivity index (χ0n) is 25.8. The molecular weight excluding hydrogens is 509 g/mol. The summed E-state index contributed by atoms with van der Waals surface area (Å²) in [6.07, 6.45) is 7.26. The van der Waals surface area contributed by atoms with Crippen LogP contribution in [-0.4, -0.2) is 82.5 Å². The number of anilines is 1. The fourth-order valence-corrected chi connectivity index (χ4v) is 5.20. The van der Waals surface area contributed by atoms with Gasteiger partial charge in [0.2, 0.25) is 11.9 Å². The Labute approximate surface area is 240 Å². The number of carbonyl (C=O) groups is 2. The molecule has 222 valence electrons. The lowest BCUT2D eigenvalue weighted by Crippen LogP contribution is -2.55. The van der Waals surface area contributed by atoms with Gasteiger partial charge in [-0.15, -0.1) is 0 Å². The van der Waals surface area contributed by atoms with Crippen LogP contribution in [0.5, 0.6) is 0 Å². The van der Waals surface area contributed by atoms with Crippen molar-refractivity contribution in [1.82, 2.24) is 20.2 Å². The molecule has 0 spiro atoms. The van der Waals surface area contributed by atoms with E-state index < -0.39 is 36.1 Å². The summed E-state index contributed by atoms with van der Waals surface area (Å²) in [6.45, 7) is 19.6. The molecule has 1 saturated carbocycles. The third kappa shape index (κ3) is 7.27. The molecule has 2 aliphatic heterocycles. The number of carbonyl (C=O) groups excluding carboxylic acids is 2. The number of hydrogen-bond donors (Lipinski definition) is 1. The van der Waals surface area contributed by atoms with Gasteiger partial charge in [0, 0.05) is 43.5 Å². The fraction of sp³-hybridized carbons (Fsp3) is 0.793. The highest BCUT2D eigenvalue weighted by atomic mass is 16.7. The summed E-state index contributed by atoms with van der Waals surface area (Å²) in [5.41, 5.74) is -0.651. The van der Waals surface area contributed by atoms with Crippen molar-refractivity contribution in [1.29, 1.82) is 0 Å². The van der Waals surface area contributed by atoms with Crippen LogP contribution < -0.4 is 15.7 Å². The van der Waals surface area contributed by atoms with Crippen LogP contribution in [0.25, 0.3) is 0 Å². The Balaban J connectivity index is 1.39. The Morgan fingerprint density at radius 3 is 2.25 bits per heavy atom. The van der Waals surface area contributed by atoms with Crippen molar-refractivity contribution >= 4 is 30.5 Å². The third-order valence-electron chi connectivity index (χ3n) is 8.32. The van der Waals surface area contributed by atoms with E-state index in [0.29, 0.717) is 31.0 Å². The summed E-state index contributed by atoms with van der Waals surface area (Å²) in [7, 11) is -0.491. The fourth-order valence-electron chi connectivity index (χ4n) is 5.20. The summed E-state index contributed by atoms with van der Waals surface area (Å²) in [5.74, 6) is 0.891. The third-order valence-corrected chi connectivity index (χ3v) is 8.32. The first-order valence-electron chi connectivity index (χ1n) is 14.8. The highest BCUT2D eigenvalue weighted by Gasteiger charge is 2.52. The van der Waals surface area contributed by atoms with Gasteiger partial charge in [-0.3, -0.25) is 4.79 Å². The van der Waals surface area contributed by atoms with Crippen LogP contribution in [0.2, 0.25) is 0 Å². The monoisotopic (exact) mass is 557 g/mol. The number of ether oxygens (including phenoxy) is 1. The molecule has 1 aromatic heterocycles. The number of nitrogens with one attached hydrogen (secondary N) is 1. The SMILES string of the molecule is CC(C)C(NC(=O)OC(C)(C)C)C(=O)N1CCCC(CN(c2ncc(B3OC(C)(C)C(C)(C)O3)cn2)C2CC2)C1. The molecule has 2 unspecified atom stereocenters. The van der Waals surface area contributed by atoms with Gasteiger partial charge in [-0.05, 0) is 86.0 Å². The standard InChI is InChI=1S/C29H48BN5O5/c1-19(2)23(33-26(37)38-27(3,4)5)24(36)34-14-10-11-20(17-34)18-35(22-12-13-22)25-31-15-21(16-32-25)30-39-28(6,7)29(8,9)40-30/h15-16,19-20,22-23H,10-14,17-18H2,1-9H3,(H,33,37). The van der Waals surface area contributed by atoms with Crippen LogP contribution in [0.3, 0.4) is 0 Å². The normalized spacial score (nSPS) is 23.2. The van der Waals surface area contributed by atoms with Gasteiger partial charge in [-0.1, -0.05) is 13.8 Å². The largest absolute Gasteiger partial charge is 0.498 e. The first-order chi connectivity index (χ1) is 18.6. The van der Waals surface area contributed by atoms with Crippen LogP contribution in [0, 0.1) is 11.8 Å². The summed E-state index contributed by atoms with van der Waals surface area (Å²) in [5, 5.41) is 2.81. The Bertz CT molecular complexity index is 1040. The van der Waals surface area contributed by atoms with Gasteiger partial charge in [-0.25, -0.2) is 14.8 Å². The zero-order chi connectivity index (χ0) is 29.5. The van der Waals surface area contributed by atoms with Crippen molar-refractivity contribution in [2.75, 3.05) is 24.5 Å². The lowest BCUT2D eigenvalue weighted by molar-refractivity contribution is -0.136. The average Bonchev–Trinajstić information content (AvgIpc) is 3.66. The minimum Gasteiger partial charge on any atom is -0.444 e. The Morgan fingerprint density at radius 2 is 1.73 bits per heavy atom. The predicted molar refractivity (Wildman–Crippen MR) is 155 cm³/mol. The molecule has 3 fully saturated rings. The molecule has 0 radical (unpaired) electrons. The average molecular weight is 558 g/mol. The maximum atomic E-state index is 13.5. The lowest BCUT2D eigenvalue weighted by Gasteiger charge is -2.38. The van der Waals surface area contributed by atoms with Gasteiger partial charge >= 0.3 is 13.2 Å². The van der Waals surface area contributed by atoms with E-state index in [1.54, 1.807) is 0 Å². The number of nitrogens with zero attached hydrogens (tertiary/aromatic N) is 4. The molecule has 3 heterocycles. The minimum atomic E-state index is -0.626. The van der Waals surface area contributed by atoms with Crippen molar-refractivity contribution < 1.29 is 23.6 Å². The van der Waals surface area contributed by atoms with E-state index in [0.717, 1.165) is 37.7 Å². The maximum absolute atomic E-state index is 13.5. The maximum Gasteiger partial charge on any atom is 0.498 e. The minimum absolute atomic E-state index is 0.0495. The quantitative estimate of drug-likeness (QED) is 0.484. The van der Waals surface area contributed by atoms with E-state index >= 15 is 0 Å². The van der Waals surface area contributed by atoms with E-state index in [-0.39, 0.29) is 11.8 Å². The van der Waals surface area contributed by atoms with Gasteiger partial charge in [0.1, 0.15) is 11.6 Å². The van der Waals surface area contributed by atoms with E-state index in [1.165, 1.54) is 0 Å². The van der Waals surface area contributed by atoms with Gasteiger partial charge in [0.05, 0.1) is 11.2 Å². The first-order valence-corrected chi connectivity index (χ1v) is 14.8. The molecule has 2 atom stereocenters. The molecular formula is C29H48BN5O5. The summed E-state index contributed by atoms with van der Waals surface area (Å²) < 4.78 is 17.7. The molecule has 2 saturated heterocycles. The van der Waals surface area contributed by atoms with Crippen molar-refractivity contribution in [3.8, 4) is 0 Å². The predicted octanol–water partition coefficient (Wildman–Crippen LogP) is 3.53. The van der Waals surface area contributed by atoms with Crippen LogP contribution >= 0.6 is 0 Å². The summed E-state index contributed by atoms with van der Waals surface area (Å²) in [4.78, 5) is 39.6. The number of aromatic nitrogens is 2. The molecule has 2 amide bonds. The molecule has 1 aromatic rings. The molecule has 11 heteroatoms. The van der Waals surface area contributed by atoms with Crippen LogP contribution in [0.1, 0.15) is 88.0 Å². The van der Waals surface area contributed by atoms with Crippen molar-refractivity contribution in [2.45, 2.75) is 117 Å². The van der Waals surface area contributed by atoms with Gasteiger partial charge in [0.25, 0.3) is 0 Å². The molecule has 4 rings (SSSR count). The molecule has 3 aliphatic rings. The lowest BCUT2D eigenvalue weighted by atomic mass is 9.81. The molecule has 1 N–H and O–H groups in total. The molecule has 10 nitrogen and oxygen atoms in total. The van der Waals surface area contributed by atoms with E-state index in [1.807, 2.05) is 79.6 Å². The highest BCUT2D eigenvalue weighted by Crippen LogP contribution is 2.36. The second kappa shape index (κ2) is 11.5. The highest BCUT2D eigenvalue weighted by molar-refractivity contribution is 6.61. The number of rotatable bonds is 8. The Morgan fingerprint density at radius 1 is 1.12 bits per heavy atom. The van der Waals surface area contributed by atoms with Gasteiger partial charge < -0.3 is 29.2 Å². The van der Waals surface area contributed by atoms with Gasteiger partial charge in [-0.2, -0.15) is 0 Å². The second-order valence-corrected chi connectivity index (χ2v) is 13.9. The number of amides is 2.